The first kappa shape index (κ1) is 10.7. The summed E-state index contributed by atoms with van der Waals surface area (Å²) >= 11 is 5.83. The Kier molecular flexibility index (Phi) is 3.11. The van der Waals surface area contributed by atoms with Gasteiger partial charge in [-0.25, -0.2) is 0 Å². The van der Waals surface area contributed by atoms with Gasteiger partial charge >= 0.3 is 6.01 Å². The molecule has 2 atom stereocenters. The molecule has 1 aromatic rings. The van der Waals surface area contributed by atoms with E-state index in [-0.39, 0.29) is 18.0 Å². The molecule has 6 heteroatoms. The molecule has 0 saturated carbocycles. The second-order valence-electron chi connectivity index (χ2n) is 3.71. The minimum absolute atomic E-state index is 0.101. The first-order valence-electron chi connectivity index (χ1n) is 5.07. The number of aromatic nitrogens is 2. The van der Waals surface area contributed by atoms with Gasteiger partial charge in [0, 0.05) is 6.54 Å². The van der Waals surface area contributed by atoms with Gasteiger partial charge in [0.1, 0.15) is 5.38 Å². The third-order valence-corrected chi connectivity index (χ3v) is 2.79. The number of aliphatic hydroxyl groups excluding tert-OH is 1. The van der Waals surface area contributed by atoms with Gasteiger partial charge in [-0.2, -0.15) is 0 Å². The highest BCUT2D eigenvalue weighted by atomic mass is 35.5. The van der Waals surface area contributed by atoms with E-state index >= 15 is 0 Å². The Balaban J connectivity index is 2.14. The van der Waals surface area contributed by atoms with Crippen molar-refractivity contribution < 1.29 is 9.52 Å². The highest BCUT2D eigenvalue weighted by Crippen LogP contribution is 2.26. The summed E-state index contributed by atoms with van der Waals surface area (Å²) in [6.45, 7) is 2.75. The smallest absolute Gasteiger partial charge is 0.318 e. The Labute approximate surface area is 93.0 Å². The third kappa shape index (κ3) is 2.08. The predicted octanol–water partition coefficient (Wildman–Crippen LogP) is 1.33. The zero-order valence-electron chi connectivity index (χ0n) is 8.56. The molecule has 1 saturated heterocycles. The van der Waals surface area contributed by atoms with Gasteiger partial charge in [0.25, 0.3) is 0 Å². The summed E-state index contributed by atoms with van der Waals surface area (Å²) in [7, 11) is 0. The normalized spacial score (nSPS) is 23.4. The fourth-order valence-electron chi connectivity index (χ4n) is 1.78. The summed E-state index contributed by atoms with van der Waals surface area (Å²) in [4.78, 5) is 1.94. The van der Waals surface area contributed by atoms with Crippen LogP contribution in [-0.2, 0) is 0 Å². The SMILES string of the molecule is CC(Cl)c1nnc(N2CCCC2CO)o1. The first-order valence-corrected chi connectivity index (χ1v) is 5.51. The number of aliphatic hydroxyl groups is 1. The van der Waals surface area contributed by atoms with Crippen LogP contribution in [-0.4, -0.2) is 34.5 Å². The number of hydrogen-bond acceptors (Lipinski definition) is 5. The molecule has 1 aliphatic heterocycles. The van der Waals surface area contributed by atoms with Crippen LogP contribution in [0.25, 0.3) is 0 Å². The molecule has 0 bridgehead atoms. The van der Waals surface area contributed by atoms with Gasteiger partial charge in [-0.3, -0.25) is 0 Å². The molecule has 2 rings (SSSR count). The van der Waals surface area contributed by atoms with E-state index in [4.69, 9.17) is 21.1 Å². The van der Waals surface area contributed by atoms with E-state index in [9.17, 15) is 0 Å². The van der Waals surface area contributed by atoms with Gasteiger partial charge in [0.05, 0.1) is 12.6 Å². The van der Waals surface area contributed by atoms with Gasteiger partial charge in [0.15, 0.2) is 0 Å². The van der Waals surface area contributed by atoms with E-state index < -0.39 is 0 Å². The molecule has 1 aliphatic rings. The molecular weight excluding hydrogens is 218 g/mol. The van der Waals surface area contributed by atoms with E-state index in [0.29, 0.717) is 11.9 Å². The lowest BCUT2D eigenvalue weighted by Gasteiger charge is -2.19. The second-order valence-corrected chi connectivity index (χ2v) is 4.37. The van der Waals surface area contributed by atoms with Crippen molar-refractivity contribution in [3.8, 4) is 0 Å². The van der Waals surface area contributed by atoms with Crippen LogP contribution in [0.3, 0.4) is 0 Å². The number of hydrogen-bond donors (Lipinski definition) is 1. The number of anilines is 1. The molecule has 1 fully saturated rings. The van der Waals surface area contributed by atoms with Crippen molar-refractivity contribution in [2.75, 3.05) is 18.1 Å². The molecule has 2 unspecified atom stereocenters. The fraction of sp³-hybridized carbons (Fsp3) is 0.778. The first-order chi connectivity index (χ1) is 7.22. The Morgan fingerprint density at radius 3 is 3.07 bits per heavy atom. The molecule has 0 amide bonds. The van der Waals surface area contributed by atoms with E-state index in [1.807, 2.05) is 4.90 Å². The number of nitrogens with zero attached hydrogens (tertiary/aromatic N) is 3. The van der Waals surface area contributed by atoms with E-state index in [2.05, 4.69) is 10.2 Å². The molecule has 1 aromatic heterocycles. The molecule has 0 aliphatic carbocycles. The topological polar surface area (TPSA) is 62.4 Å². The molecular formula is C9H14ClN3O2. The lowest BCUT2D eigenvalue weighted by atomic mass is 10.2. The van der Waals surface area contributed by atoms with E-state index in [1.165, 1.54) is 0 Å². The summed E-state index contributed by atoms with van der Waals surface area (Å²) in [5, 5.41) is 16.7. The summed E-state index contributed by atoms with van der Waals surface area (Å²) in [5.41, 5.74) is 0. The van der Waals surface area contributed by atoms with Gasteiger partial charge < -0.3 is 14.4 Å². The van der Waals surface area contributed by atoms with Crippen LogP contribution in [0.5, 0.6) is 0 Å². The van der Waals surface area contributed by atoms with E-state index in [0.717, 1.165) is 19.4 Å². The molecule has 0 radical (unpaired) electrons. The average molecular weight is 232 g/mol. The Hall–Kier alpha value is -0.810. The standard InChI is InChI=1S/C9H14ClN3O2/c1-6(10)8-11-12-9(15-8)13-4-2-3-7(13)5-14/h6-7,14H,2-5H2,1H3. The Morgan fingerprint density at radius 1 is 1.67 bits per heavy atom. The monoisotopic (exact) mass is 231 g/mol. The maximum absolute atomic E-state index is 9.16. The molecule has 1 N–H and O–H groups in total. The van der Waals surface area contributed by atoms with Gasteiger partial charge in [-0.15, -0.1) is 16.7 Å². The Bertz CT molecular complexity index is 329. The molecule has 15 heavy (non-hydrogen) atoms. The van der Waals surface area contributed by atoms with Crippen molar-refractivity contribution in [2.45, 2.75) is 31.2 Å². The van der Waals surface area contributed by atoms with Gasteiger partial charge in [0.2, 0.25) is 5.89 Å². The maximum Gasteiger partial charge on any atom is 0.318 e. The van der Waals surface area contributed by atoms with Crippen LogP contribution in [0.1, 0.15) is 31.0 Å². The van der Waals surface area contributed by atoms with Crippen molar-refractivity contribution in [3.05, 3.63) is 5.89 Å². The highest BCUT2D eigenvalue weighted by molar-refractivity contribution is 6.20. The lowest BCUT2D eigenvalue weighted by molar-refractivity contribution is 0.262. The summed E-state index contributed by atoms with van der Waals surface area (Å²) in [6.07, 6.45) is 2.00. The van der Waals surface area contributed by atoms with Crippen LogP contribution in [0.2, 0.25) is 0 Å². The molecule has 0 aromatic carbocycles. The van der Waals surface area contributed by atoms with Crippen molar-refractivity contribution in [1.29, 1.82) is 0 Å². The van der Waals surface area contributed by atoms with Crippen LogP contribution >= 0.6 is 11.6 Å². The number of alkyl halides is 1. The van der Waals surface area contributed by atoms with Crippen molar-refractivity contribution in [2.24, 2.45) is 0 Å². The van der Waals surface area contributed by atoms with Crippen molar-refractivity contribution in [3.63, 3.8) is 0 Å². The lowest BCUT2D eigenvalue weighted by Crippen LogP contribution is -2.32. The highest BCUT2D eigenvalue weighted by Gasteiger charge is 2.28. The van der Waals surface area contributed by atoms with Crippen molar-refractivity contribution >= 4 is 17.6 Å². The predicted molar refractivity (Wildman–Crippen MR) is 56.0 cm³/mol. The zero-order valence-corrected chi connectivity index (χ0v) is 9.31. The van der Waals surface area contributed by atoms with Crippen LogP contribution in [0.15, 0.2) is 4.42 Å². The molecule has 2 heterocycles. The quantitative estimate of drug-likeness (QED) is 0.796. The Morgan fingerprint density at radius 2 is 2.47 bits per heavy atom. The number of rotatable bonds is 3. The van der Waals surface area contributed by atoms with Crippen LogP contribution < -0.4 is 4.90 Å². The zero-order chi connectivity index (χ0) is 10.8. The van der Waals surface area contributed by atoms with Crippen LogP contribution in [0.4, 0.5) is 6.01 Å². The average Bonchev–Trinajstić information content (AvgIpc) is 2.85. The second kappa shape index (κ2) is 4.37. The minimum atomic E-state index is -0.276. The summed E-state index contributed by atoms with van der Waals surface area (Å²) < 4.78 is 5.42. The van der Waals surface area contributed by atoms with Crippen molar-refractivity contribution in [1.82, 2.24) is 10.2 Å². The molecule has 84 valence electrons. The third-order valence-electron chi connectivity index (χ3n) is 2.60. The van der Waals surface area contributed by atoms with E-state index in [1.54, 1.807) is 6.92 Å². The summed E-state index contributed by atoms with van der Waals surface area (Å²) in [6, 6.07) is 0.568. The number of halogens is 1. The minimum Gasteiger partial charge on any atom is -0.406 e. The fourth-order valence-corrected chi connectivity index (χ4v) is 1.87. The molecule has 0 spiro atoms. The largest absolute Gasteiger partial charge is 0.406 e. The summed E-state index contributed by atoms with van der Waals surface area (Å²) in [5.74, 6) is 0.426. The van der Waals surface area contributed by atoms with Gasteiger partial charge in [-0.1, -0.05) is 5.10 Å². The maximum atomic E-state index is 9.16. The molecule has 5 nitrogen and oxygen atoms in total. The van der Waals surface area contributed by atoms with Crippen LogP contribution in [0, 0.1) is 0 Å². The van der Waals surface area contributed by atoms with Gasteiger partial charge in [-0.05, 0) is 19.8 Å².